The van der Waals surface area contributed by atoms with E-state index in [2.05, 4.69) is 9.98 Å². The third-order valence-electron chi connectivity index (χ3n) is 2.34. The number of non-ortho nitro benzene ring substituents is 1. The van der Waals surface area contributed by atoms with Crippen LogP contribution in [0.4, 0.5) is 10.8 Å². The van der Waals surface area contributed by atoms with Crippen LogP contribution in [0.5, 0.6) is 0 Å². The van der Waals surface area contributed by atoms with E-state index in [4.69, 9.17) is 0 Å². The number of benzene rings is 1. The van der Waals surface area contributed by atoms with Gasteiger partial charge in [-0.1, -0.05) is 11.3 Å². The van der Waals surface area contributed by atoms with Crippen LogP contribution in [0, 0.1) is 17.0 Å². The fourth-order valence-electron chi connectivity index (χ4n) is 1.57. The molecule has 0 aliphatic rings. The van der Waals surface area contributed by atoms with Gasteiger partial charge in [0.2, 0.25) is 5.13 Å². The topological polar surface area (TPSA) is 68.4 Å². The highest BCUT2D eigenvalue weighted by Gasteiger charge is 2.17. The molecule has 0 bridgehead atoms. The zero-order valence-corrected chi connectivity index (χ0v) is 13.0. The lowest BCUT2D eigenvalue weighted by Gasteiger charge is -1.94. The maximum atomic E-state index is 11.0. The zero-order chi connectivity index (χ0) is 14.0. The second-order valence-electron chi connectivity index (χ2n) is 3.67. The summed E-state index contributed by atoms with van der Waals surface area (Å²) in [4.78, 5) is 19.3. The fourth-order valence-corrected chi connectivity index (χ4v) is 3.67. The van der Waals surface area contributed by atoms with Crippen LogP contribution in [0.15, 0.2) is 17.1 Å². The van der Waals surface area contributed by atoms with Crippen LogP contribution >= 0.6 is 34.9 Å². The van der Waals surface area contributed by atoms with E-state index in [1.165, 1.54) is 34.9 Å². The van der Waals surface area contributed by atoms with E-state index in [9.17, 15) is 10.1 Å². The Morgan fingerprint density at radius 3 is 2.68 bits per heavy atom. The summed E-state index contributed by atoms with van der Waals surface area (Å²) in [7, 11) is 0. The normalized spacial score (nSPS) is 10.7. The monoisotopic (exact) mass is 313 g/mol. The quantitative estimate of drug-likeness (QED) is 0.359. The summed E-state index contributed by atoms with van der Waals surface area (Å²) in [6, 6.07) is 3.44. The molecular formula is C11H11N3O2S3. The van der Waals surface area contributed by atoms with Crippen LogP contribution in [0.25, 0.3) is 10.2 Å². The van der Waals surface area contributed by atoms with E-state index in [1.807, 2.05) is 25.5 Å². The molecule has 0 saturated carbocycles. The van der Waals surface area contributed by atoms with Gasteiger partial charge in [0.25, 0.3) is 5.69 Å². The van der Waals surface area contributed by atoms with E-state index < -0.39 is 4.92 Å². The molecule has 0 fully saturated rings. The van der Waals surface area contributed by atoms with E-state index in [0.29, 0.717) is 10.6 Å². The maximum Gasteiger partial charge on any atom is 0.296 e. The predicted molar refractivity (Wildman–Crippen MR) is 85.1 cm³/mol. The van der Waals surface area contributed by atoms with Crippen LogP contribution < -0.4 is 0 Å². The zero-order valence-electron chi connectivity index (χ0n) is 10.5. The molecule has 0 unspecified atom stereocenters. The van der Waals surface area contributed by atoms with Crippen LogP contribution in [-0.4, -0.2) is 26.8 Å². The Morgan fingerprint density at radius 1 is 1.42 bits per heavy atom. The molecular weight excluding hydrogens is 302 g/mol. The first-order chi connectivity index (χ1) is 9.05. The molecule has 0 aliphatic heterocycles. The summed E-state index contributed by atoms with van der Waals surface area (Å²) in [5.74, 6) is 0. The average molecular weight is 313 g/mol. The van der Waals surface area contributed by atoms with E-state index >= 15 is 0 Å². The van der Waals surface area contributed by atoms with Crippen molar-refractivity contribution in [2.75, 3.05) is 12.5 Å². The molecule has 2 aromatic rings. The Kier molecular flexibility index (Phi) is 4.43. The molecule has 1 heterocycles. The van der Waals surface area contributed by atoms with Crippen molar-refractivity contribution in [3.8, 4) is 0 Å². The molecule has 0 amide bonds. The smallest absolute Gasteiger partial charge is 0.258 e. The third kappa shape index (κ3) is 3.07. The molecule has 19 heavy (non-hydrogen) atoms. The van der Waals surface area contributed by atoms with Crippen molar-refractivity contribution in [2.45, 2.75) is 6.92 Å². The van der Waals surface area contributed by atoms with Crippen molar-refractivity contribution in [1.82, 2.24) is 4.98 Å². The molecule has 1 aromatic heterocycles. The van der Waals surface area contributed by atoms with Crippen LogP contribution in [0.3, 0.4) is 0 Å². The van der Waals surface area contributed by atoms with E-state index in [1.54, 1.807) is 6.07 Å². The summed E-state index contributed by atoms with van der Waals surface area (Å²) in [5.41, 5.74) is 1.32. The number of nitrogens with zero attached hydrogens (tertiary/aromatic N) is 3. The number of aliphatic imine (C=N–C) groups is 1. The summed E-state index contributed by atoms with van der Waals surface area (Å²) in [5, 5.41) is 11.6. The van der Waals surface area contributed by atoms with Gasteiger partial charge >= 0.3 is 0 Å². The first-order valence-corrected chi connectivity index (χ1v) is 8.54. The highest BCUT2D eigenvalue weighted by molar-refractivity contribution is 8.38. The number of nitro groups is 1. The standard InChI is InChI=1S/C11H11N3O2S3/c1-6-4-7(14(15)16)9-8(5-6)19-10(12-9)13-11(17-2)18-3/h4-5H,1-3H3. The molecule has 0 aliphatic carbocycles. The highest BCUT2D eigenvalue weighted by Crippen LogP contribution is 2.35. The summed E-state index contributed by atoms with van der Waals surface area (Å²) in [6.07, 6.45) is 3.88. The molecule has 0 spiro atoms. The second-order valence-corrected chi connectivity index (χ2v) is 6.53. The molecule has 5 nitrogen and oxygen atoms in total. The van der Waals surface area contributed by atoms with Gasteiger partial charge in [0.15, 0.2) is 5.52 Å². The minimum absolute atomic E-state index is 0.0440. The first-order valence-electron chi connectivity index (χ1n) is 5.27. The van der Waals surface area contributed by atoms with Gasteiger partial charge < -0.3 is 0 Å². The lowest BCUT2D eigenvalue weighted by molar-refractivity contribution is -0.383. The van der Waals surface area contributed by atoms with Crippen molar-refractivity contribution in [1.29, 1.82) is 0 Å². The Labute approximate surface area is 122 Å². The number of aromatic nitrogens is 1. The summed E-state index contributed by atoms with van der Waals surface area (Å²) >= 11 is 4.44. The molecule has 8 heteroatoms. The van der Waals surface area contributed by atoms with Gasteiger partial charge in [-0.15, -0.1) is 23.5 Å². The molecule has 100 valence electrons. The van der Waals surface area contributed by atoms with Crippen molar-refractivity contribution in [3.05, 3.63) is 27.8 Å². The van der Waals surface area contributed by atoms with Crippen molar-refractivity contribution >= 4 is 60.3 Å². The Hall–Kier alpha value is -1.12. The average Bonchev–Trinajstić information content (AvgIpc) is 2.76. The summed E-state index contributed by atoms with van der Waals surface area (Å²) < 4.78 is 1.69. The van der Waals surface area contributed by atoms with Gasteiger partial charge in [0.05, 0.1) is 9.62 Å². The SMILES string of the molecule is CSC(=Nc1nc2c([N+](=O)[O-])cc(C)cc2s1)SC. The fraction of sp³-hybridized carbons (Fsp3) is 0.273. The van der Waals surface area contributed by atoms with Crippen LogP contribution in [-0.2, 0) is 0 Å². The number of fused-ring (bicyclic) bond motifs is 1. The Bertz CT molecular complexity index is 660. The summed E-state index contributed by atoms with van der Waals surface area (Å²) in [6.45, 7) is 1.84. The lowest BCUT2D eigenvalue weighted by Crippen LogP contribution is -1.90. The second kappa shape index (κ2) is 5.89. The maximum absolute atomic E-state index is 11.0. The van der Waals surface area contributed by atoms with Gasteiger partial charge in [-0.3, -0.25) is 10.1 Å². The Morgan fingerprint density at radius 2 is 2.11 bits per heavy atom. The predicted octanol–water partition coefficient (Wildman–Crippen LogP) is 4.23. The minimum Gasteiger partial charge on any atom is -0.258 e. The number of nitro benzene ring substituents is 1. The number of hydrogen-bond donors (Lipinski definition) is 0. The molecule has 2 rings (SSSR count). The van der Waals surface area contributed by atoms with Crippen LogP contribution in [0.1, 0.15) is 5.56 Å². The van der Waals surface area contributed by atoms with Crippen molar-refractivity contribution < 1.29 is 4.92 Å². The van der Waals surface area contributed by atoms with Crippen molar-refractivity contribution in [3.63, 3.8) is 0 Å². The molecule has 0 N–H and O–H groups in total. The van der Waals surface area contributed by atoms with E-state index in [0.717, 1.165) is 14.6 Å². The van der Waals surface area contributed by atoms with Gasteiger partial charge in [-0.05, 0) is 31.1 Å². The Balaban J connectivity index is 2.60. The van der Waals surface area contributed by atoms with E-state index in [-0.39, 0.29) is 5.69 Å². The number of aryl methyl sites for hydroxylation is 1. The number of rotatable bonds is 2. The largest absolute Gasteiger partial charge is 0.296 e. The van der Waals surface area contributed by atoms with Gasteiger partial charge in [0.1, 0.15) is 4.38 Å². The lowest BCUT2D eigenvalue weighted by atomic mass is 10.2. The van der Waals surface area contributed by atoms with Crippen molar-refractivity contribution in [2.24, 2.45) is 4.99 Å². The minimum atomic E-state index is -0.396. The molecule has 0 radical (unpaired) electrons. The molecule has 0 saturated heterocycles. The number of thiazole rings is 1. The molecule has 0 atom stereocenters. The third-order valence-corrected chi connectivity index (χ3v) is 5.12. The first kappa shape index (κ1) is 14.3. The van der Waals surface area contributed by atoms with Gasteiger partial charge in [-0.25, -0.2) is 9.98 Å². The van der Waals surface area contributed by atoms with Gasteiger partial charge in [-0.2, -0.15) is 0 Å². The van der Waals surface area contributed by atoms with Crippen LogP contribution in [0.2, 0.25) is 0 Å². The number of hydrogen-bond acceptors (Lipinski definition) is 7. The number of thioether (sulfide) groups is 2. The van der Waals surface area contributed by atoms with Gasteiger partial charge in [0, 0.05) is 6.07 Å². The highest BCUT2D eigenvalue weighted by atomic mass is 32.2. The molecule has 1 aromatic carbocycles.